The molecule has 14 heavy (non-hydrogen) atoms. The molecule has 1 aromatic rings. The van der Waals surface area contributed by atoms with E-state index in [1.54, 1.807) is 12.1 Å². The smallest absolute Gasteiger partial charge is 0.304 e. The summed E-state index contributed by atoms with van der Waals surface area (Å²) in [5.41, 5.74) is 0. The summed E-state index contributed by atoms with van der Waals surface area (Å²) in [6.45, 7) is 1.81. The van der Waals surface area contributed by atoms with Crippen molar-refractivity contribution in [3.05, 3.63) is 30.1 Å². The summed E-state index contributed by atoms with van der Waals surface area (Å²) in [6.07, 6.45) is 0.0845. The molecule has 0 saturated heterocycles. The van der Waals surface area contributed by atoms with Crippen molar-refractivity contribution < 1.29 is 14.3 Å². The molecule has 1 unspecified atom stereocenters. The van der Waals surface area contributed by atoms with Crippen molar-refractivity contribution >= 4 is 17.7 Å². The fraction of sp³-hybridized carbons (Fsp3) is 0.300. The standard InChI is InChI=1S/C10H11FO2S/c1-7(5-10(12)13)14-9-4-2-3-8(11)6-9/h2-4,6-7H,5H2,1H3,(H,12,13). The first kappa shape index (κ1) is 11.0. The number of hydrogen-bond acceptors (Lipinski definition) is 2. The van der Waals surface area contributed by atoms with Gasteiger partial charge in [0.25, 0.3) is 0 Å². The van der Waals surface area contributed by atoms with Crippen LogP contribution < -0.4 is 0 Å². The molecule has 0 radical (unpaired) electrons. The lowest BCUT2D eigenvalue weighted by atomic mass is 10.3. The molecule has 0 aliphatic heterocycles. The average Bonchev–Trinajstić information content (AvgIpc) is 2.01. The van der Waals surface area contributed by atoms with Gasteiger partial charge in [0.15, 0.2) is 0 Å². The van der Waals surface area contributed by atoms with Crippen LogP contribution in [0, 0.1) is 5.82 Å². The molecule has 0 spiro atoms. The number of carboxylic acid groups (broad SMARTS) is 1. The van der Waals surface area contributed by atoms with Crippen LogP contribution in [0.2, 0.25) is 0 Å². The molecular weight excluding hydrogens is 203 g/mol. The number of aliphatic carboxylic acids is 1. The fourth-order valence-electron chi connectivity index (χ4n) is 1.06. The van der Waals surface area contributed by atoms with E-state index in [1.165, 1.54) is 23.9 Å². The van der Waals surface area contributed by atoms with Crippen LogP contribution in [0.25, 0.3) is 0 Å². The van der Waals surface area contributed by atoms with Crippen LogP contribution in [0.1, 0.15) is 13.3 Å². The van der Waals surface area contributed by atoms with E-state index >= 15 is 0 Å². The van der Waals surface area contributed by atoms with E-state index in [0.29, 0.717) is 0 Å². The lowest BCUT2D eigenvalue weighted by Gasteiger charge is -2.07. The number of carboxylic acids is 1. The lowest BCUT2D eigenvalue weighted by molar-refractivity contribution is -0.136. The minimum absolute atomic E-state index is 0.0469. The first-order valence-corrected chi connectivity index (χ1v) is 5.10. The van der Waals surface area contributed by atoms with Gasteiger partial charge in [-0.1, -0.05) is 13.0 Å². The van der Waals surface area contributed by atoms with Gasteiger partial charge in [0, 0.05) is 10.1 Å². The predicted octanol–water partition coefficient (Wildman–Crippen LogP) is 2.78. The van der Waals surface area contributed by atoms with E-state index in [-0.39, 0.29) is 17.5 Å². The molecule has 1 rings (SSSR count). The molecule has 0 heterocycles. The number of rotatable bonds is 4. The van der Waals surface area contributed by atoms with E-state index in [0.717, 1.165) is 4.90 Å². The molecular formula is C10H11FO2S. The second kappa shape index (κ2) is 5.00. The minimum Gasteiger partial charge on any atom is -0.481 e. The maximum absolute atomic E-state index is 12.8. The first-order chi connectivity index (χ1) is 6.58. The zero-order valence-corrected chi connectivity index (χ0v) is 8.55. The highest BCUT2D eigenvalue weighted by Gasteiger charge is 2.09. The van der Waals surface area contributed by atoms with Crippen LogP contribution in [0.15, 0.2) is 29.2 Å². The third kappa shape index (κ3) is 3.79. The normalized spacial score (nSPS) is 12.4. The van der Waals surface area contributed by atoms with Gasteiger partial charge in [0.1, 0.15) is 5.82 Å². The highest BCUT2D eigenvalue weighted by molar-refractivity contribution is 8.00. The lowest BCUT2D eigenvalue weighted by Crippen LogP contribution is -2.05. The molecule has 0 fully saturated rings. The monoisotopic (exact) mass is 214 g/mol. The van der Waals surface area contributed by atoms with E-state index in [4.69, 9.17) is 5.11 Å². The second-order valence-corrected chi connectivity index (χ2v) is 4.50. The highest BCUT2D eigenvalue weighted by atomic mass is 32.2. The molecule has 1 N–H and O–H groups in total. The van der Waals surface area contributed by atoms with Crippen LogP contribution >= 0.6 is 11.8 Å². The summed E-state index contributed by atoms with van der Waals surface area (Å²) in [4.78, 5) is 11.1. The average molecular weight is 214 g/mol. The molecule has 0 aromatic heterocycles. The Morgan fingerprint density at radius 1 is 1.64 bits per heavy atom. The number of carbonyl (C=O) groups is 1. The summed E-state index contributed by atoms with van der Waals surface area (Å²) in [7, 11) is 0. The highest BCUT2D eigenvalue weighted by Crippen LogP contribution is 2.25. The molecule has 76 valence electrons. The summed E-state index contributed by atoms with van der Waals surface area (Å²) < 4.78 is 12.8. The zero-order valence-electron chi connectivity index (χ0n) is 7.74. The minimum atomic E-state index is -0.832. The molecule has 4 heteroatoms. The van der Waals surface area contributed by atoms with Crippen molar-refractivity contribution in [1.29, 1.82) is 0 Å². The maximum Gasteiger partial charge on any atom is 0.304 e. The SMILES string of the molecule is CC(CC(=O)O)Sc1cccc(F)c1. The van der Waals surface area contributed by atoms with Gasteiger partial charge in [-0.05, 0) is 18.2 Å². The van der Waals surface area contributed by atoms with Crippen LogP contribution in [-0.4, -0.2) is 16.3 Å². The summed E-state index contributed by atoms with van der Waals surface area (Å²) in [5, 5.41) is 8.48. The summed E-state index contributed by atoms with van der Waals surface area (Å²) in [6, 6.07) is 6.16. The third-order valence-electron chi connectivity index (χ3n) is 1.60. The predicted molar refractivity (Wildman–Crippen MR) is 54.0 cm³/mol. The van der Waals surface area contributed by atoms with Crippen LogP contribution in [-0.2, 0) is 4.79 Å². The van der Waals surface area contributed by atoms with Gasteiger partial charge in [-0.25, -0.2) is 4.39 Å². The Kier molecular flexibility index (Phi) is 3.95. The van der Waals surface area contributed by atoms with Gasteiger partial charge >= 0.3 is 5.97 Å². The van der Waals surface area contributed by atoms with Crippen LogP contribution in [0.3, 0.4) is 0 Å². The molecule has 0 aliphatic rings. The summed E-state index contributed by atoms with van der Waals surface area (Å²) in [5.74, 6) is -1.13. The molecule has 0 saturated carbocycles. The van der Waals surface area contributed by atoms with Crippen molar-refractivity contribution in [2.24, 2.45) is 0 Å². The Morgan fingerprint density at radius 2 is 2.36 bits per heavy atom. The maximum atomic E-state index is 12.8. The van der Waals surface area contributed by atoms with E-state index in [1.807, 2.05) is 6.92 Å². The quantitative estimate of drug-likeness (QED) is 0.783. The van der Waals surface area contributed by atoms with Gasteiger partial charge in [-0.15, -0.1) is 11.8 Å². The van der Waals surface area contributed by atoms with Crippen molar-refractivity contribution in [2.75, 3.05) is 0 Å². The molecule has 0 bridgehead atoms. The topological polar surface area (TPSA) is 37.3 Å². The number of hydrogen-bond donors (Lipinski definition) is 1. The van der Waals surface area contributed by atoms with Crippen LogP contribution in [0.5, 0.6) is 0 Å². The largest absolute Gasteiger partial charge is 0.481 e. The van der Waals surface area contributed by atoms with Crippen molar-refractivity contribution in [3.8, 4) is 0 Å². The Labute approximate surface area is 86.1 Å². The first-order valence-electron chi connectivity index (χ1n) is 4.22. The number of benzene rings is 1. The van der Waals surface area contributed by atoms with E-state index in [2.05, 4.69) is 0 Å². The molecule has 0 aliphatic carbocycles. The van der Waals surface area contributed by atoms with E-state index < -0.39 is 5.97 Å². The van der Waals surface area contributed by atoms with Crippen molar-refractivity contribution in [2.45, 2.75) is 23.5 Å². The second-order valence-electron chi connectivity index (χ2n) is 2.98. The Bertz CT molecular complexity index is 328. The molecule has 1 atom stereocenters. The molecule has 1 aromatic carbocycles. The summed E-state index contributed by atoms with van der Waals surface area (Å²) >= 11 is 1.37. The third-order valence-corrected chi connectivity index (χ3v) is 2.69. The number of halogens is 1. The Hall–Kier alpha value is -1.03. The van der Waals surface area contributed by atoms with Gasteiger partial charge in [-0.2, -0.15) is 0 Å². The van der Waals surface area contributed by atoms with Gasteiger partial charge in [-0.3, -0.25) is 4.79 Å². The molecule has 0 amide bonds. The van der Waals surface area contributed by atoms with Gasteiger partial charge in [0.2, 0.25) is 0 Å². The molecule has 2 nitrogen and oxygen atoms in total. The Balaban J connectivity index is 2.55. The number of thioether (sulfide) groups is 1. The van der Waals surface area contributed by atoms with Gasteiger partial charge < -0.3 is 5.11 Å². The Morgan fingerprint density at radius 3 is 2.93 bits per heavy atom. The fourth-order valence-corrected chi connectivity index (χ4v) is 2.09. The van der Waals surface area contributed by atoms with Crippen molar-refractivity contribution in [1.82, 2.24) is 0 Å². The van der Waals surface area contributed by atoms with Crippen molar-refractivity contribution in [3.63, 3.8) is 0 Å². The zero-order chi connectivity index (χ0) is 10.6. The van der Waals surface area contributed by atoms with Gasteiger partial charge in [0.05, 0.1) is 6.42 Å². The van der Waals surface area contributed by atoms with E-state index in [9.17, 15) is 9.18 Å². The van der Waals surface area contributed by atoms with Crippen LogP contribution in [0.4, 0.5) is 4.39 Å².